The maximum absolute atomic E-state index is 11.9. The summed E-state index contributed by atoms with van der Waals surface area (Å²) in [7, 11) is 0. The average molecular weight is 975 g/mol. The van der Waals surface area contributed by atoms with Crippen LogP contribution >= 0.6 is 0 Å². The first-order chi connectivity index (χ1) is 33.8. The van der Waals surface area contributed by atoms with Gasteiger partial charge < -0.3 is 14.2 Å². The van der Waals surface area contributed by atoms with E-state index in [9.17, 15) is 28.8 Å². The molecule has 9 heteroatoms. The molecule has 0 radical (unpaired) electrons. The second kappa shape index (κ2) is 19.6. The lowest BCUT2D eigenvalue weighted by atomic mass is 9.49. The molecule has 9 nitrogen and oxygen atoms in total. The van der Waals surface area contributed by atoms with Crippen molar-refractivity contribution in [2.24, 2.45) is 99.1 Å². The quantitative estimate of drug-likeness (QED) is 0.154. The SMILES string of the molecule is CC(=O)O[C@H]1CCC2C3C(CC[C@@]21C)C1CCC(=O)C=C1C[C@H]3C.CC(=O)O[C@H]1CCC2C3C(CC[C@@]21C)C1CCC(=O)CC1=C[C@H]3C.CC(=O)O[C@H]1CCC2C3C=CC4=CC(=O)CCC4C3CC[C@@]21C. The van der Waals surface area contributed by atoms with Gasteiger partial charge >= 0.3 is 17.9 Å². The van der Waals surface area contributed by atoms with E-state index in [4.69, 9.17) is 14.2 Å². The highest BCUT2D eigenvalue weighted by atomic mass is 16.6. The van der Waals surface area contributed by atoms with Gasteiger partial charge in [0.25, 0.3) is 0 Å². The zero-order chi connectivity index (χ0) is 50.3. The molecule has 0 aromatic rings. The van der Waals surface area contributed by atoms with E-state index in [2.05, 4.69) is 52.8 Å². The van der Waals surface area contributed by atoms with E-state index in [1.807, 2.05) is 12.2 Å². The van der Waals surface area contributed by atoms with Crippen LogP contribution in [-0.4, -0.2) is 53.6 Å². The smallest absolute Gasteiger partial charge is 0.302 e. The Morgan fingerprint density at radius 2 is 1.01 bits per heavy atom. The molecule has 0 aromatic carbocycles. The van der Waals surface area contributed by atoms with Crippen molar-refractivity contribution in [3.8, 4) is 0 Å². The van der Waals surface area contributed by atoms with Crippen molar-refractivity contribution in [2.45, 2.75) is 202 Å². The highest BCUT2D eigenvalue weighted by Gasteiger charge is 2.61. The third kappa shape index (κ3) is 9.15. The van der Waals surface area contributed by atoms with Gasteiger partial charge in [0.1, 0.15) is 24.1 Å². The van der Waals surface area contributed by atoms with Gasteiger partial charge in [0.05, 0.1) is 0 Å². The summed E-state index contributed by atoms with van der Waals surface area (Å²) >= 11 is 0. The number of carbonyl (C=O) groups excluding carboxylic acids is 6. The van der Waals surface area contributed by atoms with E-state index < -0.39 is 0 Å². The van der Waals surface area contributed by atoms with Crippen LogP contribution in [0.4, 0.5) is 0 Å². The van der Waals surface area contributed by atoms with Crippen LogP contribution in [0.1, 0.15) is 184 Å². The van der Waals surface area contributed by atoms with Crippen LogP contribution in [0.5, 0.6) is 0 Å². The number of ether oxygens (including phenoxy) is 3. The molecule has 0 N–H and O–H groups in total. The van der Waals surface area contributed by atoms with Gasteiger partial charge in [-0.25, -0.2) is 0 Å². The van der Waals surface area contributed by atoms with Crippen LogP contribution in [0, 0.1) is 99.1 Å². The lowest BCUT2D eigenvalue weighted by Crippen LogP contribution is -2.50. The molecule has 0 spiro atoms. The number of carbonyl (C=O) groups is 6. The molecular weight excluding hydrogens is 889 g/mol. The fourth-order valence-electron chi connectivity index (χ4n) is 19.8. The maximum atomic E-state index is 11.9. The Balaban J connectivity index is 0.000000123. The molecule has 0 saturated heterocycles. The topological polar surface area (TPSA) is 130 Å². The molecule has 0 bridgehead atoms. The monoisotopic (exact) mass is 975 g/mol. The number of ketones is 3. The molecule has 20 atom stereocenters. The molecular formula is C62H86O9. The minimum Gasteiger partial charge on any atom is -0.462 e. The number of esters is 3. The Morgan fingerprint density at radius 1 is 0.535 bits per heavy atom. The van der Waals surface area contributed by atoms with Crippen LogP contribution in [0.2, 0.25) is 0 Å². The summed E-state index contributed by atoms with van der Waals surface area (Å²) in [5, 5.41) is 0. The summed E-state index contributed by atoms with van der Waals surface area (Å²) in [5.74, 6) is 9.81. The van der Waals surface area contributed by atoms with Crippen molar-refractivity contribution in [3.63, 3.8) is 0 Å². The van der Waals surface area contributed by atoms with Crippen LogP contribution in [-0.2, 0) is 43.0 Å². The number of hydrogen-bond donors (Lipinski definition) is 0. The van der Waals surface area contributed by atoms with E-state index in [0.717, 1.165) is 88.4 Å². The van der Waals surface area contributed by atoms with Crippen LogP contribution in [0.3, 0.4) is 0 Å². The third-order valence-corrected chi connectivity index (χ3v) is 22.8. The Bertz CT molecular complexity index is 2280. The summed E-state index contributed by atoms with van der Waals surface area (Å²) in [6.45, 7) is 16.4. The molecule has 0 aromatic heterocycles. The van der Waals surface area contributed by atoms with Crippen molar-refractivity contribution in [1.29, 1.82) is 0 Å². The van der Waals surface area contributed by atoms with Gasteiger partial charge in [0.15, 0.2) is 11.6 Å². The lowest BCUT2D eigenvalue weighted by Gasteiger charge is -2.55. The van der Waals surface area contributed by atoms with E-state index in [-0.39, 0.29) is 58.2 Å². The average Bonchev–Trinajstić information content (AvgIpc) is 3.94. The van der Waals surface area contributed by atoms with E-state index in [0.29, 0.717) is 89.5 Å². The van der Waals surface area contributed by atoms with Crippen LogP contribution in [0.15, 0.2) is 47.1 Å². The molecule has 0 heterocycles. The van der Waals surface area contributed by atoms with Crippen molar-refractivity contribution in [3.05, 3.63) is 47.1 Å². The summed E-state index contributed by atoms with van der Waals surface area (Å²) < 4.78 is 17.1. The van der Waals surface area contributed by atoms with Crippen molar-refractivity contribution >= 4 is 35.3 Å². The lowest BCUT2D eigenvalue weighted by molar-refractivity contribution is -0.157. The standard InChI is InChI=1S/2C21H30O3.C20H26O3/c2*1-12-10-14-11-15(23)4-5-16(14)17-8-9-21(3)18(20(12)17)6-7-19(21)24-13(2)22;1-12(21)23-19-8-7-18-17-5-3-13-11-14(22)4-6-15(13)16(17)9-10-20(18,19)2/h11-12,16-20H,4-10H2,1-3H3;10,12,16-20H,4-9,11H2,1-3H3;3,5,11,15-19H,4,6-10H2,1-2H3/t2*12-,16?,17?,18?,19+,20?,21+;15?,16?,17?,18?,19-,20-/m110/s1. The normalized spacial score (nSPS) is 46.5. The third-order valence-electron chi connectivity index (χ3n) is 22.8. The predicted octanol–water partition coefficient (Wildman–Crippen LogP) is 12.4. The Kier molecular flexibility index (Phi) is 14.0. The molecule has 8 saturated carbocycles. The molecule has 12 unspecified atom stereocenters. The van der Waals surface area contributed by atoms with Gasteiger partial charge in [-0.15, -0.1) is 0 Å². The number of hydrogen-bond acceptors (Lipinski definition) is 9. The number of allylic oxidation sites excluding steroid dienone is 7. The molecule has 8 fully saturated rings. The zero-order valence-corrected chi connectivity index (χ0v) is 44.5. The van der Waals surface area contributed by atoms with Gasteiger partial charge in [-0.2, -0.15) is 0 Å². The van der Waals surface area contributed by atoms with Gasteiger partial charge in [-0.1, -0.05) is 64.0 Å². The first-order valence-electron chi connectivity index (χ1n) is 28.7. The fraction of sp³-hybridized carbons (Fsp3) is 0.774. The summed E-state index contributed by atoms with van der Waals surface area (Å²) in [5.41, 5.74) is 4.59. The van der Waals surface area contributed by atoms with Crippen LogP contribution in [0.25, 0.3) is 0 Å². The molecule has 12 aliphatic rings. The fourth-order valence-corrected chi connectivity index (χ4v) is 19.8. The molecule has 12 rings (SSSR count). The summed E-state index contributed by atoms with van der Waals surface area (Å²) in [6.07, 6.45) is 32.1. The van der Waals surface area contributed by atoms with Crippen molar-refractivity contribution in [2.75, 3.05) is 0 Å². The Labute approximate surface area is 424 Å². The second-order valence-corrected chi connectivity index (χ2v) is 26.3. The van der Waals surface area contributed by atoms with Gasteiger partial charge in [0, 0.05) is 62.7 Å². The van der Waals surface area contributed by atoms with Crippen LogP contribution < -0.4 is 0 Å². The molecule has 0 amide bonds. The largest absolute Gasteiger partial charge is 0.462 e. The Morgan fingerprint density at radius 3 is 1.61 bits per heavy atom. The van der Waals surface area contributed by atoms with Gasteiger partial charge in [-0.05, 0) is 203 Å². The first-order valence-corrected chi connectivity index (χ1v) is 28.7. The van der Waals surface area contributed by atoms with Crippen molar-refractivity contribution in [1.82, 2.24) is 0 Å². The maximum Gasteiger partial charge on any atom is 0.302 e. The molecule has 12 aliphatic carbocycles. The molecule has 71 heavy (non-hydrogen) atoms. The minimum atomic E-state index is -0.144. The van der Waals surface area contributed by atoms with Gasteiger partial charge in [-0.3, -0.25) is 28.8 Å². The van der Waals surface area contributed by atoms with E-state index in [1.165, 1.54) is 68.6 Å². The number of fused-ring (bicyclic) bond motifs is 15. The van der Waals surface area contributed by atoms with Crippen molar-refractivity contribution < 1.29 is 43.0 Å². The summed E-state index contributed by atoms with van der Waals surface area (Å²) in [4.78, 5) is 69.9. The minimum absolute atomic E-state index is 0.0872. The second-order valence-electron chi connectivity index (χ2n) is 26.3. The number of Topliss-reactive ketones (excluding diaryl/α,β-unsaturated/α-hetero) is 1. The van der Waals surface area contributed by atoms with Gasteiger partial charge in [0.2, 0.25) is 0 Å². The highest BCUT2D eigenvalue weighted by molar-refractivity contribution is 5.92. The predicted molar refractivity (Wildman–Crippen MR) is 272 cm³/mol. The van der Waals surface area contributed by atoms with E-state index in [1.54, 1.807) is 13.8 Å². The van der Waals surface area contributed by atoms with E-state index >= 15 is 0 Å². The summed E-state index contributed by atoms with van der Waals surface area (Å²) in [6, 6.07) is 0. The Hall–Kier alpha value is -3.62. The molecule has 388 valence electrons. The number of rotatable bonds is 3. The zero-order valence-electron chi connectivity index (χ0n) is 44.5. The first kappa shape index (κ1) is 50.9. The molecule has 0 aliphatic heterocycles. The highest BCUT2D eigenvalue weighted by Crippen LogP contribution is 2.66.